The van der Waals surface area contributed by atoms with E-state index in [-0.39, 0.29) is 5.91 Å². The van der Waals surface area contributed by atoms with Crippen molar-refractivity contribution in [2.24, 2.45) is 7.05 Å². The summed E-state index contributed by atoms with van der Waals surface area (Å²) < 4.78 is 12.2. The van der Waals surface area contributed by atoms with Crippen LogP contribution in [0, 0.1) is 0 Å². The van der Waals surface area contributed by atoms with Gasteiger partial charge in [-0.15, -0.1) is 11.3 Å². The molecule has 0 aliphatic heterocycles. The smallest absolute Gasteiger partial charge is 0.275 e. The molecule has 0 aliphatic carbocycles. The van der Waals surface area contributed by atoms with Crippen LogP contribution in [0.15, 0.2) is 35.8 Å². The SMILES string of the molecule is COc1ccc(OC)c(-c2cc(C(=O)Nc3nccs3)n(C)n2)c1. The van der Waals surface area contributed by atoms with Gasteiger partial charge < -0.3 is 9.47 Å². The maximum atomic E-state index is 12.4. The van der Waals surface area contributed by atoms with Crippen molar-refractivity contribution in [2.75, 3.05) is 19.5 Å². The highest BCUT2D eigenvalue weighted by molar-refractivity contribution is 7.13. The molecule has 0 aliphatic rings. The zero-order chi connectivity index (χ0) is 17.1. The maximum absolute atomic E-state index is 12.4. The number of amides is 1. The number of nitrogens with zero attached hydrogens (tertiary/aromatic N) is 3. The van der Waals surface area contributed by atoms with Crippen LogP contribution in [0.1, 0.15) is 10.5 Å². The Morgan fingerprint density at radius 2 is 2.08 bits per heavy atom. The standard InChI is InChI=1S/C16H16N4O3S/c1-20-13(15(21)18-16-17-6-7-24-16)9-12(19-20)11-8-10(22-2)4-5-14(11)23-3/h4-9H,1-3H3,(H,17,18,21). The quantitative estimate of drug-likeness (QED) is 0.770. The van der Waals surface area contributed by atoms with Crippen molar-refractivity contribution >= 4 is 22.4 Å². The first-order valence-electron chi connectivity index (χ1n) is 7.09. The Hall–Kier alpha value is -2.87. The Kier molecular flexibility index (Phi) is 4.48. The lowest BCUT2D eigenvalue weighted by Crippen LogP contribution is -2.15. The van der Waals surface area contributed by atoms with E-state index in [9.17, 15) is 4.79 Å². The van der Waals surface area contributed by atoms with Gasteiger partial charge in [-0.05, 0) is 24.3 Å². The van der Waals surface area contributed by atoms with Crippen molar-refractivity contribution < 1.29 is 14.3 Å². The molecule has 1 N–H and O–H groups in total. The van der Waals surface area contributed by atoms with Crippen molar-refractivity contribution in [3.63, 3.8) is 0 Å². The van der Waals surface area contributed by atoms with Gasteiger partial charge in [0.15, 0.2) is 5.13 Å². The fourth-order valence-electron chi connectivity index (χ4n) is 2.27. The largest absolute Gasteiger partial charge is 0.497 e. The molecule has 0 saturated carbocycles. The van der Waals surface area contributed by atoms with Gasteiger partial charge in [0, 0.05) is 24.2 Å². The summed E-state index contributed by atoms with van der Waals surface area (Å²) in [5.74, 6) is 1.07. The number of carbonyl (C=O) groups is 1. The Morgan fingerprint density at radius 3 is 2.75 bits per heavy atom. The van der Waals surface area contributed by atoms with Crippen LogP contribution in [0.5, 0.6) is 11.5 Å². The van der Waals surface area contributed by atoms with Crippen molar-refractivity contribution in [1.82, 2.24) is 14.8 Å². The van der Waals surface area contributed by atoms with Gasteiger partial charge in [0.05, 0.1) is 19.9 Å². The topological polar surface area (TPSA) is 78.3 Å². The van der Waals surface area contributed by atoms with Crippen molar-refractivity contribution in [2.45, 2.75) is 0 Å². The normalized spacial score (nSPS) is 10.5. The van der Waals surface area contributed by atoms with Gasteiger partial charge in [-0.2, -0.15) is 5.10 Å². The highest BCUT2D eigenvalue weighted by atomic mass is 32.1. The molecule has 0 atom stereocenters. The number of hydrogen-bond donors (Lipinski definition) is 1. The van der Waals surface area contributed by atoms with Crippen LogP contribution in [0.3, 0.4) is 0 Å². The number of rotatable bonds is 5. The Morgan fingerprint density at radius 1 is 1.25 bits per heavy atom. The van der Waals surface area contributed by atoms with E-state index < -0.39 is 0 Å². The highest BCUT2D eigenvalue weighted by Gasteiger charge is 2.18. The number of methoxy groups -OCH3 is 2. The Balaban J connectivity index is 1.95. The number of anilines is 1. The molecule has 0 fully saturated rings. The van der Waals surface area contributed by atoms with Gasteiger partial charge in [-0.3, -0.25) is 14.8 Å². The molecule has 2 heterocycles. The number of aromatic nitrogens is 3. The summed E-state index contributed by atoms with van der Waals surface area (Å²) in [7, 11) is 4.90. The zero-order valence-corrected chi connectivity index (χ0v) is 14.3. The van der Waals surface area contributed by atoms with Gasteiger partial charge in [0.2, 0.25) is 0 Å². The first-order valence-corrected chi connectivity index (χ1v) is 7.97. The average Bonchev–Trinajstić information content (AvgIpc) is 3.23. The molecule has 3 rings (SSSR count). The summed E-state index contributed by atoms with van der Waals surface area (Å²) in [5.41, 5.74) is 1.79. The van der Waals surface area contributed by atoms with Crippen molar-refractivity contribution in [3.8, 4) is 22.8 Å². The second-order valence-electron chi connectivity index (χ2n) is 4.90. The number of aryl methyl sites for hydroxylation is 1. The molecule has 8 heteroatoms. The van der Waals surface area contributed by atoms with Crippen LogP contribution >= 0.6 is 11.3 Å². The van der Waals surface area contributed by atoms with Gasteiger partial charge in [-0.25, -0.2) is 4.98 Å². The molecule has 3 aromatic rings. The third-order valence-electron chi connectivity index (χ3n) is 3.45. The molecular formula is C16H16N4O3S. The van der Waals surface area contributed by atoms with E-state index in [1.54, 1.807) is 51.0 Å². The Bertz CT molecular complexity index is 858. The van der Waals surface area contributed by atoms with Crippen LogP contribution in [0.25, 0.3) is 11.3 Å². The molecule has 7 nitrogen and oxygen atoms in total. The number of thiazole rings is 1. The van der Waals surface area contributed by atoms with Crippen LogP contribution in [-0.4, -0.2) is 34.9 Å². The first-order chi connectivity index (χ1) is 11.6. The van der Waals surface area contributed by atoms with Crippen LogP contribution in [0.2, 0.25) is 0 Å². The lowest BCUT2D eigenvalue weighted by atomic mass is 10.1. The maximum Gasteiger partial charge on any atom is 0.275 e. The predicted octanol–water partition coefficient (Wildman–Crippen LogP) is 2.81. The molecule has 0 spiro atoms. The molecular weight excluding hydrogens is 328 g/mol. The summed E-state index contributed by atoms with van der Waals surface area (Å²) in [6.45, 7) is 0. The third kappa shape index (κ3) is 3.09. The molecule has 0 saturated heterocycles. The summed E-state index contributed by atoms with van der Waals surface area (Å²) in [4.78, 5) is 16.4. The second kappa shape index (κ2) is 6.71. The molecule has 1 amide bonds. The van der Waals surface area contributed by atoms with E-state index >= 15 is 0 Å². The summed E-state index contributed by atoms with van der Waals surface area (Å²) >= 11 is 1.36. The summed E-state index contributed by atoms with van der Waals surface area (Å²) in [6.07, 6.45) is 1.63. The fourth-order valence-corrected chi connectivity index (χ4v) is 2.80. The third-order valence-corrected chi connectivity index (χ3v) is 4.14. The van der Waals surface area contributed by atoms with Crippen LogP contribution < -0.4 is 14.8 Å². The molecule has 24 heavy (non-hydrogen) atoms. The number of benzene rings is 1. The fraction of sp³-hybridized carbons (Fsp3) is 0.188. The molecule has 2 aromatic heterocycles. The Labute approximate surface area is 142 Å². The minimum Gasteiger partial charge on any atom is -0.497 e. The van der Waals surface area contributed by atoms with Crippen molar-refractivity contribution in [1.29, 1.82) is 0 Å². The first kappa shape index (κ1) is 16.0. The van der Waals surface area contributed by atoms with E-state index in [1.165, 1.54) is 16.0 Å². The number of nitrogens with one attached hydrogen (secondary N) is 1. The van der Waals surface area contributed by atoms with Crippen molar-refractivity contribution in [3.05, 3.63) is 41.5 Å². The van der Waals surface area contributed by atoms with Crippen LogP contribution in [0.4, 0.5) is 5.13 Å². The van der Waals surface area contributed by atoms with E-state index in [0.29, 0.717) is 28.0 Å². The zero-order valence-electron chi connectivity index (χ0n) is 13.4. The van der Waals surface area contributed by atoms with E-state index in [0.717, 1.165) is 5.56 Å². The van der Waals surface area contributed by atoms with E-state index in [2.05, 4.69) is 15.4 Å². The van der Waals surface area contributed by atoms with Gasteiger partial charge >= 0.3 is 0 Å². The summed E-state index contributed by atoms with van der Waals surface area (Å²) in [6, 6.07) is 7.14. The molecule has 124 valence electrons. The molecule has 0 bridgehead atoms. The lowest BCUT2D eigenvalue weighted by Gasteiger charge is -2.08. The lowest BCUT2D eigenvalue weighted by molar-refractivity contribution is 0.101. The van der Waals surface area contributed by atoms with E-state index in [1.807, 2.05) is 6.07 Å². The second-order valence-corrected chi connectivity index (χ2v) is 5.79. The van der Waals surface area contributed by atoms with Crippen LogP contribution in [-0.2, 0) is 7.05 Å². The number of carbonyl (C=O) groups excluding carboxylic acids is 1. The highest BCUT2D eigenvalue weighted by Crippen LogP contribution is 2.33. The minimum atomic E-state index is -0.270. The monoisotopic (exact) mass is 344 g/mol. The minimum absolute atomic E-state index is 0.270. The molecule has 0 radical (unpaired) electrons. The molecule has 0 unspecified atom stereocenters. The van der Waals surface area contributed by atoms with Gasteiger partial charge in [0.25, 0.3) is 5.91 Å². The van der Waals surface area contributed by atoms with Gasteiger partial charge in [-0.1, -0.05) is 0 Å². The number of hydrogen-bond acceptors (Lipinski definition) is 6. The predicted molar refractivity (Wildman–Crippen MR) is 91.8 cm³/mol. The molecule has 1 aromatic carbocycles. The van der Waals surface area contributed by atoms with Gasteiger partial charge in [0.1, 0.15) is 17.2 Å². The summed E-state index contributed by atoms with van der Waals surface area (Å²) in [5, 5.41) is 9.51. The average molecular weight is 344 g/mol. The van der Waals surface area contributed by atoms with E-state index in [4.69, 9.17) is 9.47 Å². The number of ether oxygens (including phenoxy) is 2.